The lowest BCUT2D eigenvalue weighted by atomic mass is 9.85. The molecule has 1 saturated carbocycles. The SMILES string of the molecule is CNC(=O)c1ccc(NCC#Cc2cc3c(NC4CCC(/C=C/C#N)CC4)cccc3n2CC(F)(F)F)c(OC)c1. The van der Waals surface area contributed by atoms with Crippen molar-refractivity contribution in [1.29, 1.82) is 5.26 Å². The second kappa shape index (κ2) is 13.2. The minimum atomic E-state index is -4.42. The highest BCUT2D eigenvalue weighted by molar-refractivity contribution is 5.95. The number of methoxy groups -OCH3 is 1. The summed E-state index contributed by atoms with van der Waals surface area (Å²) in [5, 5.41) is 18.6. The summed E-state index contributed by atoms with van der Waals surface area (Å²) >= 11 is 0. The van der Waals surface area contributed by atoms with Crippen molar-refractivity contribution >= 4 is 28.2 Å². The molecule has 1 fully saturated rings. The van der Waals surface area contributed by atoms with E-state index in [0.29, 0.717) is 33.8 Å². The van der Waals surface area contributed by atoms with E-state index in [2.05, 4.69) is 27.8 Å². The van der Waals surface area contributed by atoms with E-state index in [1.807, 2.05) is 18.2 Å². The highest BCUT2D eigenvalue weighted by atomic mass is 19.4. The Bertz CT molecular complexity index is 1520. The van der Waals surface area contributed by atoms with E-state index in [-0.39, 0.29) is 24.2 Å². The number of amides is 1. The van der Waals surface area contributed by atoms with Crippen LogP contribution in [0, 0.1) is 29.1 Å². The molecular formula is C31H32F3N5O2. The van der Waals surface area contributed by atoms with E-state index < -0.39 is 12.7 Å². The maximum atomic E-state index is 13.6. The highest BCUT2D eigenvalue weighted by Crippen LogP contribution is 2.33. The summed E-state index contributed by atoms with van der Waals surface area (Å²) in [6, 6.07) is 14.2. The van der Waals surface area contributed by atoms with Gasteiger partial charge in [0.25, 0.3) is 5.91 Å². The number of halogens is 3. The van der Waals surface area contributed by atoms with Crippen LogP contribution < -0.4 is 20.7 Å². The second-order valence-electron chi connectivity index (χ2n) is 9.86. The van der Waals surface area contributed by atoms with Gasteiger partial charge in [0.1, 0.15) is 12.3 Å². The molecule has 0 atom stereocenters. The molecule has 0 aliphatic heterocycles. The molecule has 0 unspecified atom stereocenters. The normalized spacial score (nSPS) is 17.0. The molecule has 1 aliphatic rings. The van der Waals surface area contributed by atoms with Gasteiger partial charge in [0.2, 0.25) is 0 Å². The van der Waals surface area contributed by atoms with Crippen molar-refractivity contribution in [2.24, 2.45) is 5.92 Å². The number of rotatable bonds is 8. The molecule has 41 heavy (non-hydrogen) atoms. The third kappa shape index (κ3) is 7.55. The van der Waals surface area contributed by atoms with Crippen LogP contribution in [0.25, 0.3) is 10.9 Å². The topological polar surface area (TPSA) is 91.1 Å². The van der Waals surface area contributed by atoms with Crippen molar-refractivity contribution in [3.8, 4) is 23.7 Å². The smallest absolute Gasteiger partial charge is 0.406 e. The van der Waals surface area contributed by atoms with Gasteiger partial charge in [-0.2, -0.15) is 18.4 Å². The van der Waals surface area contributed by atoms with Gasteiger partial charge in [-0.1, -0.05) is 18.1 Å². The summed E-state index contributed by atoms with van der Waals surface area (Å²) in [4.78, 5) is 11.9. The Morgan fingerprint density at radius 3 is 2.61 bits per heavy atom. The van der Waals surface area contributed by atoms with E-state index in [4.69, 9.17) is 10.00 Å². The minimum absolute atomic E-state index is 0.151. The molecule has 0 spiro atoms. The summed E-state index contributed by atoms with van der Waals surface area (Å²) in [5.74, 6) is 6.41. The van der Waals surface area contributed by atoms with Crippen LogP contribution in [0.4, 0.5) is 24.5 Å². The fraction of sp³-hybridized carbons (Fsp3) is 0.355. The Kier molecular flexibility index (Phi) is 9.46. The number of hydrogen-bond donors (Lipinski definition) is 3. The fourth-order valence-corrected chi connectivity index (χ4v) is 5.12. The van der Waals surface area contributed by atoms with Gasteiger partial charge in [0.05, 0.1) is 36.6 Å². The zero-order valence-electron chi connectivity index (χ0n) is 22.9. The average molecular weight is 564 g/mol. The number of anilines is 2. The molecule has 2 aromatic carbocycles. The van der Waals surface area contributed by atoms with Gasteiger partial charge in [0, 0.05) is 35.8 Å². The molecule has 214 valence electrons. The molecule has 0 radical (unpaired) electrons. The van der Waals surface area contributed by atoms with Crippen LogP contribution in [-0.4, -0.2) is 43.4 Å². The molecule has 3 N–H and O–H groups in total. The standard InChI is InChI=1S/C31H32F3N5O2/c1-36-30(40)22-12-15-27(29(18-22)41-2)37-17-5-7-24-19-25-26(8-3-9-28(25)39(24)20-31(32,33)34)38-23-13-10-21(11-14-23)6-4-16-35/h3-4,6,8-9,12,15,18-19,21,23,37-38H,10-11,13-14,17,20H2,1-2H3,(H,36,40)/b6-4+. The number of ether oxygens (including phenoxy) is 1. The average Bonchev–Trinajstić information content (AvgIpc) is 3.31. The molecule has 1 heterocycles. The number of carbonyl (C=O) groups is 1. The maximum absolute atomic E-state index is 13.6. The number of nitrogens with one attached hydrogen (secondary N) is 3. The third-order valence-electron chi connectivity index (χ3n) is 7.13. The zero-order valence-corrected chi connectivity index (χ0v) is 22.9. The fourth-order valence-electron chi connectivity index (χ4n) is 5.12. The number of carbonyl (C=O) groups excluding carboxylic acids is 1. The van der Waals surface area contributed by atoms with Crippen LogP contribution in [0.1, 0.15) is 41.7 Å². The summed E-state index contributed by atoms with van der Waals surface area (Å²) in [5.41, 5.74) is 2.55. The van der Waals surface area contributed by atoms with Gasteiger partial charge in [-0.15, -0.1) is 0 Å². The van der Waals surface area contributed by atoms with Crippen LogP contribution >= 0.6 is 0 Å². The van der Waals surface area contributed by atoms with Gasteiger partial charge in [-0.25, -0.2) is 0 Å². The van der Waals surface area contributed by atoms with Crippen LogP contribution in [0.3, 0.4) is 0 Å². The van der Waals surface area contributed by atoms with E-state index >= 15 is 0 Å². The molecule has 1 amide bonds. The first kappa shape index (κ1) is 29.4. The van der Waals surface area contributed by atoms with Crippen molar-refractivity contribution in [3.05, 3.63) is 65.9 Å². The Balaban J connectivity index is 1.54. The molecule has 0 bridgehead atoms. The van der Waals surface area contributed by atoms with Crippen molar-refractivity contribution in [1.82, 2.24) is 9.88 Å². The van der Waals surface area contributed by atoms with Crippen molar-refractivity contribution in [2.75, 3.05) is 31.3 Å². The first-order valence-corrected chi connectivity index (χ1v) is 13.4. The molecule has 7 nitrogen and oxygen atoms in total. The predicted octanol–water partition coefficient (Wildman–Crippen LogP) is 6.09. The van der Waals surface area contributed by atoms with Crippen LogP contribution in [0.5, 0.6) is 5.75 Å². The van der Waals surface area contributed by atoms with E-state index in [1.54, 1.807) is 36.4 Å². The monoisotopic (exact) mass is 563 g/mol. The first-order valence-electron chi connectivity index (χ1n) is 13.4. The molecule has 10 heteroatoms. The minimum Gasteiger partial charge on any atom is -0.495 e. The lowest BCUT2D eigenvalue weighted by Crippen LogP contribution is -2.25. The molecule has 1 aliphatic carbocycles. The maximum Gasteiger partial charge on any atom is 0.406 e. The van der Waals surface area contributed by atoms with Gasteiger partial charge < -0.3 is 25.3 Å². The number of hydrogen-bond acceptors (Lipinski definition) is 5. The van der Waals surface area contributed by atoms with Gasteiger partial charge in [-0.3, -0.25) is 4.79 Å². The number of benzene rings is 2. The quantitative estimate of drug-likeness (QED) is 0.228. The number of nitrogens with zero attached hydrogens (tertiary/aromatic N) is 2. The largest absolute Gasteiger partial charge is 0.495 e. The van der Waals surface area contributed by atoms with Gasteiger partial charge in [0.15, 0.2) is 0 Å². The molecule has 0 saturated heterocycles. The number of aromatic nitrogens is 1. The number of allylic oxidation sites excluding steroid dienone is 2. The molecule has 3 aromatic rings. The van der Waals surface area contributed by atoms with Crippen LogP contribution in [0.2, 0.25) is 0 Å². The Morgan fingerprint density at radius 2 is 1.93 bits per heavy atom. The Hall–Kier alpha value is -4.57. The second-order valence-corrected chi connectivity index (χ2v) is 9.86. The van der Waals surface area contributed by atoms with E-state index in [1.165, 1.54) is 24.8 Å². The van der Waals surface area contributed by atoms with Crippen molar-refractivity contribution in [3.63, 3.8) is 0 Å². The highest BCUT2D eigenvalue weighted by Gasteiger charge is 2.30. The summed E-state index contributed by atoms with van der Waals surface area (Å²) in [6.45, 7) is -1.000. The Morgan fingerprint density at radius 1 is 1.15 bits per heavy atom. The summed E-state index contributed by atoms with van der Waals surface area (Å²) in [6.07, 6.45) is 2.77. The van der Waals surface area contributed by atoms with Crippen molar-refractivity contribution in [2.45, 2.75) is 44.4 Å². The van der Waals surface area contributed by atoms with Crippen LogP contribution in [-0.2, 0) is 6.54 Å². The van der Waals surface area contributed by atoms with Gasteiger partial charge in [-0.05, 0) is 73.9 Å². The Labute approximate surface area is 237 Å². The first-order chi connectivity index (χ1) is 19.7. The van der Waals surface area contributed by atoms with E-state index in [0.717, 1.165) is 31.4 Å². The lowest BCUT2D eigenvalue weighted by Gasteiger charge is -2.28. The number of fused-ring (bicyclic) bond motifs is 1. The number of nitriles is 1. The molecular weight excluding hydrogens is 531 g/mol. The molecule has 1 aromatic heterocycles. The zero-order chi connectivity index (χ0) is 29.4. The summed E-state index contributed by atoms with van der Waals surface area (Å²) < 4.78 is 47.3. The van der Waals surface area contributed by atoms with Crippen LogP contribution in [0.15, 0.2) is 54.6 Å². The van der Waals surface area contributed by atoms with E-state index in [9.17, 15) is 18.0 Å². The lowest BCUT2D eigenvalue weighted by molar-refractivity contribution is -0.140. The van der Waals surface area contributed by atoms with Crippen molar-refractivity contribution < 1.29 is 22.7 Å². The van der Waals surface area contributed by atoms with Gasteiger partial charge >= 0.3 is 6.18 Å². The third-order valence-corrected chi connectivity index (χ3v) is 7.13. The number of alkyl halides is 3. The summed E-state index contributed by atoms with van der Waals surface area (Å²) in [7, 11) is 3.02. The predicted molar refractivity (Wildman–Crippen MR) is 154 cm³/mol. The molecule has 4 rings (SSSR count).